The van der Waals surface area contributed by atoms with Gasteiger partial charge in [0.1, 0.15) is 17.7 Å². The van der Waals surface area contributed by atoms with Crippen LogP contribution < -0.4 is 0 Å². The first-order chi connectivity index (χ1) is 8.38. The number of fused-ring (bicyclic) bond motifs is 1. The summed E-state index contributed by atoms with van der Waals surface area (Å²) in [5.41, 5.74) is 1.81. The second kappa shape index (κ2) is 4.05. The van der Waals surface area contributed by atoms with Crippen LogP contribution in [0, 0.1) is 0 Å². The first-order valence-electron chi connectivity index (χ1n) is 5.76. The van der Waals surface area contributed by atoms with Crippen LogP contribution in [0.3, 0.4) is 0 Å². The van der Waals surface area contributed by atoms with E-state index in [4.69, 9.17) is 4.42 Å². The molecule has 86 valence electrons. The number of furan rings is 1. The molecule has 0 spiro atoms. The lowest BCUT2D eigenvalue weighted by Crippen LogP contribution is -1.85. The maximum Gasteiger partial charge on any atom is 0.185 e. The van der Waals surface area contributed by atoms with Crippen molar-refractivity contribution in [3.8, 4) is 11.4 Å². The highest BCUT2D eigenvalue weighted by molar-refractivity contribution is 5.91. The van der Waals surface area contributed by atoms with Crippen LogP contribution in [0.2, 0.25) is 0 Å². The van der Waals surface area contributed by atoms with E-state index in [9.17, 15) is 0 Å². The third kappa shape index (κ3) is 1.71. The molecule has 0 saturated heterocycles. The zero-order chi connectivity index (χ0) is 11.7. The lowest BCUT2D eigenvalue weighted by atomic mass is 10.2. The molecule has 3 aromatic rings. The molecule has 0 aliphatic heterocycles. The Labute approximate surface area is 98.7 Å². The predicted octanol–water partition coefficient (Wildman–Crippen LogP) is 3.17. The standard InChI is InChI=1S/C13H13N3O/c1-2-5-12-14-13(16-15-12)10-8-17-11-7-4-3-6-9(10)11/h3-4,6-8H,2,5H2,1H3,(H,14,15,16). The number of para-hydroxylation sites is 1. The normalized spacial score (nSPS) is 11.1. The van der Waals surface area contributed by atoms with Crippen molar-refractivity contribution in [3.05, 3.63) is 36.4 Å². The Morgan fingerprint density at radius 3 is 3.06 bits per heavy atom. The van der Waals surface area contributed by atoms with Crippen LogP contribution in [0.4, 0.5) is 0 Å². The first kappa shape index (κ1) is 10.1. The molecule has 0 fully saturated rings. The summed E-state index contributed by atoms with van der Waals surface area (Å²) in [4.78, 5) is 4.47. The van der Waals surface area contributed by atoms with Crippen LogP contribution in [-0.4, -0.2) is 15.2 Å². The molecule has 3 rings (SSSR count). The molecule has 1 N–H and O–H groups in total. The zero-order valence-corrected chi connectivity index (χ0v) is 9.60. The van der Waals surface area contributed by atoms with Crippen LogP contribution >= 0.6 is 0 Å². The quantitative estimate of drug-likeness (QED) is 0.747. The van der Waals surface area contributed by atoms with E-state index < -0.39 is 0 Å². The van der Waals surface area contributed by atoms with Crippen LogP contribution in [0.15, 0.2) is 34.9 Å². The SMILES string of the molecule is CCCc1nc(-c2coc3ccccc23)n[nH]1. The summed E-state index contributed by atoms with van der Waals surface area (Å²) in [6.07, 6.45) is 3.69. The van der Waals surface area contributed by atoms with Gasteiger partial charge < -0.3 is 4.42 Å². The minimum atomic E-state index is 0.707. The average Bonchev–Trinajstić information content (AvgIpc) is 2.95. The van der Waals surface area contributed by atoms with E-state index >= 15 is 0 Å². The topological polar surface area (TPSA) is 54.7 Å². The number of H-pyrrole nitrogens is 1. The largest absolute Gasteiger partial charge is 0.464 e. The molecule has 1 aromatic carbocycles. The molecule has 0 amide bonds. The summed E-state index contributed by atoms with van der Waals surface area (Å²) >= 11 is 0. The molecule has 0 saturated carbocycles. The second-order valence-electron chi connectivity index (χ2n) is 4.00. The molecule has 17 heavy (non-hydrogen) atoms. The lowest BCUT2D eigenvalue weighted by molar-refractivity contribution is 0.616. The fourth-order valence-electron chi connectivity index (χ4n) is 1.92. The van der Waals surface area contributed by atoms with Crippen LogP contribution in [0.1, 0.15) is 19.2 Å². The summed E-state index contributed by atoms with van der Waals surface area (Å²) in [7, 11) is 0. The zero-order valence-electron chi connectivity index (χ0n) is 9.60. The van der Waals surface area contributed by atoms with Crippen molar-refractivity contribution in [2.75, 3.05) is 0 Å². The van der Waals surface area contributed by atoms with Gasteiger partial charge in [0.05, 0.1) is 5.56 Å². The molecule has 0 bridgehead atoms. The summed E-state index contributed by atoms with van der Waals surface area (Å²) in [5, 5.41) is 8.24. The molecule has 0 atom stereocenters. The average molecular weight is 227 g/mol. The molecule has 2 aromatic heterocycles. The van der Waals surface area contributed by atoms with Crippen molar-refractivity contribution in [2.45, 2.75) is 19.8 Å². The van der Waals surface area contributed by atoms with E-state index in [1.165, 1.54) is 0 Å². The number of nitrogens with one attached hydrogen (secondary N) is 1. The highest BCUT2D eigenvalue weighted by Crippen LogP contribution is 2.27. The Kier molecular flexibility index (Phi) is 2.40. The van der Waals surface area contributed by atoms with Crippen molar-refractivity contribution in [2.24, 2.45) is 0 Å². The van der Waals surface area contributed by atoms with Gasteiger partial charge in [-0.3, -0.25) is 5.10 Å². The highest BCUT2D eigenvalue weighted by Gasteiger charge is 2.11. The molecule has 4 heteroatoms. The molecule has 2 heterocycles. The number of aromatic nitrogens is 3. The van der Waals surface area contributed by atoms with Gasteiger partial charge in [0.15, 0.2) is 5.82 Å². The fourth-order valence-corrected chi connectivity index (χ4v) is 1.92. The third-order valence-corrected chi connectivity index (χ3v) is 2.74. The maximum absolute atomic E-state index is 5.48. The number of rotatable bonds is 3. The van der Waals surface area contributed by atoms with E-state index in [-0.39, 0.29) is 0 Å². The molecular weight excluding hydrogens is 214 g/mol. The van der Waals surface area contributed by atoms with Gasteiger partial charge in [0.2, 0.25) is 0 Å². The van der Waals surface area contributed by atoms with Crippen molar-refractivity contribution >= 4 is 11.0 Å². The Bertz CT molecular complexity index is 639. The molecule has 0 unspecified atom stereocenters. The van der Waals surface area contributed by atoms with E-state index in [0.717, 1.165) is 35.2 Å². The Morgan fingerprint density at radius 2 is 2.18 bits per heavy atom. The van der Waals surface area contributed by atoms with E-state index in [0.29, 0.717) is 5.82 Å². The van der Waals surface area contributed by atoms with Crippen molar-refractivity contribution in [1.82, 2.24) is 15.2 Å². The van der Waals surface area contributed by atoms with E-state index in [1.54, 1.807) is 6.26 Å². The van der Waals surface area contributed by atoms with Gasteiger partial charge in [-0.1, -0.05) is 25.1 Å². The van der Waals surface area contributed by atoms with Gasteiger partial charge in [0.25, 0.3) is 0 Å². The van der Waals surface area contributed by atoms with E-state index in [1.807, 2.05) is 24.3 Å². The van der Waals surface area contributed by atoms with Gasteiger partial charge in [-0.25, -0.2) is 4.98 Å². The number of hydrogen-bond acceptors (Lipinski definition) is 3. The van der Waals surface area contributed by atoms with Gasteiger partial charge in [-0.05, 0) is 12.5 Å². The Balaban J connectivity index is 2.07. The van der Waals surface area contributed by atoms with Crippen molar-refractivity contribution < 1.29 is 4.42 Å². The number of aryl methyl sites for hydroxylation is 1. The minimum absolute atomic E-state index is 0.707. The van der Waals surface area contributed by atoms with Gasteiger partial charge in [-0.2, -0.15) is 5.10 Å². The molecule has 0 radical (unpaired) electrons. The Morgan fingerprint density at radius 1 is 1.29 bits per heavy atom. The minimum Gasteiger partial charge on any atom is -0.464 e. The third-order valence-electron chi connectivity index (χ3n) is 2.74. The summed E-state index contributed by atoms with van der Waals surface area (Å²) in [5.74, 6) is 1.63. The van der Waals surface area contributed by atoms with Gasteiger partial charge >= 0.3 is 0 Å². The van der Waals surface area contributed by atoms with Crippen LogP contribution in [0.5, 0.6) is 0 Å². The molecular formula is C13H13N3O. The highest BCUT2D eigenvalue weighted by atomic mass is 16.3. The lowest BCUT2D eigenvalue weighted by Gasteiger charge is -1.90. The van der Waals surface area contributed by atoms with Crippen molar-refractivity contribution in [3.63, 3.8) is 0 Å². The first-order valence-corrected chi connectivity index (χ1v) is 5.76. The summed E-state index contributed by atoms with van der Waals surface area (Å²) in [6, 6.07) is 7.90. The Hall–Kier alpha value is -2.10. The van der Waals surface area contributed by atoms with Gasteiger partial charge in [-0.15, -0.1) is 0 Å². The predicted molar refractivity (Wildman–Crippen MR) is 65.6 cm³/mol. The summed E-state index contributed by atoms with van der Waals surface area (Å²) in [6.45, 7) is 2.12. The molecule has 4 nitrogen and oxygen atoms in total. The van der Waals surface area contributed by atoms with Crippen LogP contribution in [-0.2, 0) is 6.42 Å². The number of nitrogens with zero attached hydrogens (tertiary/aromatic N) is 2. The fraction of sp³-hybridized carbons (Fsp3) is 0.231. The number of hydrogen-bond donors (Lipinski definition) is 1. The van der Waals surface area contributed by atoms with Crippen LogP contribution in [0.25, 0.3) is 22.4 Å². The number of benzene rings is 1. The summed E-state index contributed by atoms with van der Waals surface area (Å²) < 4.78 is 5.48. The number of aromatic amines is 1. The smallest absolute Gasteiger partial charge is 0.185 e. The van der Waals surface area contributed by atoms with Gasteiger partial charge in [0, 0.05) is 11.8 Å². The van der Waals surface area contributed by atoms with Crippen molar-refractivity contribution in [1.29, 1.82) is 0 Å². The monoisotopic (exact) mass is 227 g/mol. The molecule has 0 aliphatic carbocycles. The molecule has 0 aliphatic rings. The second-order valence-corrected chi connectivity index (χ2v) is 4.00. The van der Waals surface area contributed by atoms with E-state index in [2.05, 4.69) is 22.1 Å². The maximum atomic E-state index is 5.48.